The van der Waals surface area contributed by atoms with Gasteiger partial charge in [-0.05, 0) is 44.0 Å². The molecule has 8 heteroatoms. The molecule has 2 heterocycles. The second-order valence-electron chi connectivity index (χ2n) is 7.21. The van der Waals surface area contributed by atoms with E-state index >= 15 is 0 Å². The van der Waals surface area contributed by atoms with Gasteiger partial charge < -0.3 is 10.4 Å². The molecular weight excluding hydrogens is 351 g/mol. The first-order valence-electron chi connectivity index (χ1n) is 9.00. The van der Waals surface area contributed by atoms with E-state index in [1.165, 1.54) is 16.7 Å². The van der Waals surface area contributed by atoms with Crippen molar-refractivity contribution in [3.63, 3.8) is 0 Å². The van der Waals surface area contributed by atoms with E-state index in [9.17, 15) is 19.1 Å². The number of likely N-dealkylation sites (N-methyl/N-ethyl adjacent to an activating group) is 1. The Morgan fingerprint density at radius 3 is 2.63 bits per heavy atom. The van der Waals surface area contributed by atoms with E-state index < -0.39 is 17.2 Å². The molecule has 1 saturated carbocycles. The van der Waals surface area contributed by atoms with Gasteiger partial charge in [-0.25, -0.2) is 9.37 Å². The largest absolute Gasteiger partial charge is 0.501 e. The molecule has 0 unspecified atom stereocenters. The monoisotopic (exact) mass is 372 g/mol. The first-order chi connectivity index (χ1) is 12.9. The third-order valence-corrected chi connectivity index (χ3v) is 5.71. The zero-order chi connectivity index (χ0) is 19.2. The van der Waals surface area contributed by atoms with Crippen molar-refractivity contribution in [1.29, 1.82) is 0 Å². The van der Waals surface area contributed by atoms with Crippen molar-refractivity contribution < 1.29 is 14.3 Å². The van der Waals surface area contributed by atoms with Crippen LogP contribution in [0.3, 0.4) is 0 Å². The van der Waals surface area contributed by atoms with Crippen LogP contribution in [-0.2, 0) is 18.6 Å². The number of fused-ring (bicyclic) bond motifs is 2. The highest BCUT2D eigenvalue weighted by Gasteiger charge is 2.48. The van der Waals surface area contributed by atoms with Crippen LogP contribution in [0.25, 0.3) is 0 Å². The highest BCUT2D eigenvalue weighted by molar-refractivity contribution is 5.94. The molecule has 1 aromatic heterocycles. The highest BCUT2D eigenvalue weighted by Crippen LogP contribution is 2.46. The Morgan fingerprint density at radius 2 is 2.00 bits per heavy atom. The molecule has 1 spiro atoms. The van der Waals surface area contributed by atoms with Gasteiger partial charge in [-0.3, -0.25) is 19.1 Å². The molecule has 0 saturated heterocycles. The highest BCUT2D eigenvalue weighted by atomic mass is 19.1. The minimum absolute atomic E-state index is 0.143. The maximum Gasteiger partial charge on any atom is 0.296 e. The summed E-state index contributed by atoms with van der Waals surface area (Å²) in [7, 11) is 2.00. The standard InChI is InChI=1S/C19H21FN4O3/c1-23-9-10-24-17(27)15(25)14(22-18(24)19(23)7-2-8-19)16(26)21-11-12-3-5-13(20)6-4-12/h3-6,25H,2,7-11H2,1H3,(H,21,26). The van der Waals surface area contributed by atoms with Crippen molar-refractivity contribution in [1.82, 2.24) is 19.8 Å². The van der Waals surface area contributed by atoms with E-state index in [-0.39, 0.29) is 23.6 Å². The van der Waals surface area contributed by atoms with Crippen LogP contribution in [0.15, 0.2) is 29.1 Å². The van der Waals surface area contributed by atoms with Crippen molar-refractivity contribution in [2.75, 3.05) is 13.6 Å². The molecule has 1 aliphatic heterocycles. The zero-order valence-corrected chi connectivity index (χ0v) is 15.0. The first-order valence-corrected chi connectivity index (χ1v) is 9.00. The van der Waals surface area contributed by atoms with Gasteiger partial charge in [-0.1, -0.05) is 12.1 Å². The number of benzene rings is 1. The lowest BCUT2D eigenvalue weighted by molar-refractivity contribution is -0.00113. The number of aromatic hydroxyl groups is 1. The molecule has 142 valence electrons. The van der Waals surface area contributed by atoms with Crippen LogP contribution in [0.4, 0.5) is 4.39 Å². The number of nitrogens with one attached hydrogen (secondary N) is 1. The molecule has 7 nitrogen and oxygen atoms in total. The molecule has 0 atom stereocenters. The summed E-state index contributed by atoms with van der Waals surface area (Å²) in [5.41, 5.74) is -0.466. The molecule has 2 aliphatic rings. The molecular formula is C19H21FN4O3. The van der Waals surface area contributed by atoms with Crippen LogP contribution in [0.1, 0.15) is 41.1 Å². The van der Waals surface area contributed by atoms with Gasteiger partial charge in [0.2, 0.25) is 5.75 Å². The van der Waals surface area contributed by atoms with E-state index in [0.29, 0.717) is 24.5 Å². The lowest BCUT2D eigenvalue weighted by Gasteiger charge is -2.51. The maximum atomic E-state index is 13.0. The average Bonchev–Trinajstić information content (AvgIpc) is 2.62. The second kappa shape index (κ2) is 6.45. The lowest BCUT2D eigenvalue weighted by atomic mass is 9.73. The fraction of sp³-hybridized carbons (Fsp3) is 0.421. The van der Waals surface area contributed by atoms with E-state index in [2.05, 4.69) is 15.2 Å². The van der Waals surface area contributed by atoms with Crippen LogP contribution in [0.2, 0.25) is 0 Å². The van der Waals surface area contributed by atoms with Crippen molar-refractivity contribution in [3.05, 3.63) is 57.5 Å². The number of rotatable bonds is 3. The van der Waals surface area contributed by atoms with Gasteiger partial charge in [0, 0.05) is 19.6 Å². The Morgan fingerprint density at radius 1 is 1.30 bits per heavy atom. The summed E-state index contributed by atoms with van der Waals surface area (Å²) >= 11 is 0. The second-order valence-corrected chi connectivity index (χ2v) is 7.21. The molecule has 2 N–H and O–H groups in total. The number of aromatic nitrogens is 2. The lowest BCUT2D eigenvalue weighted by Crippen LogP contribution is -2.57. The molecule has 2 aromatic rings. The third-order valence-electron chi connectivity index (χ3n) is 5.71. The fourth-order valence-electron chi connectivity index (χ4n) is 3.89. The summed E-state index contributed by atoms with van der Waals surface area (Å²) < 4.78 is 14.5. The van der Waals surface area contributed by atoms with Crippen LogP contribution < -0.4 is 10.9 Å². The molecule has 4 rings (SSSR count). The third kappa shape index (κ3) is 2.80. The predicted molar refractivity (Wildman–Crippen MR) is 95.9 cm³/mol. The van der Waals surface area contributed by atoms with Gasteiger partial charge in [0.15, 0.2) is 5.69 Å². The van der Waals surface area contributed by atoms with Gasteiger partial charge in [0.1, 0.15) is 11.6 Å². The Kier molecular flexibility index (Phi) is 4.22. The van der Waals surface area contributed by atoms with Crippen molar-refractivity contribution in [2.24, 2.45) is 0 Å². The van der Waals surface area contributed by atoms with Gasteiger partial charge >= 0.3 is 0 Å². The maximum absolute atomic E-state index is 13.0. The Hall–Kier alpha value is -2.74. The number of halogens is 1. The summed E-state index contributed by atoms with van der Waals surface area (Å²) in [5, 5.41) is 12.9. The van der Waals surface area contributed by atoms with Gasteiger partial charge in [-0.2, -0.15) is 0 Å². The molecule has 1 aliphatic carbocycles. The number of carbonyl (C=O) groups is 1. The number of nitrogens with zero attached hydrogens (tertiary/aromatic N) is 3. The summed E-state index contributed by atoms with van der Waals surface area (Å²) in [5.74, 6) is -1.06. The normalized spacial score (nSPS) is 18.0. The van der Waals surface area contributed by atoms with Crippen molar-refractivity contribution >= 4 is 5.91 Å². The number of amides is 1. The van der Waals surface area contributed by atoms with Crippen LogP contribution >= 0.6 is 0 Å². The Labute approximate surface area is 155 Å². The molecule has 1 aromatic carbocycles. The fourth-order valence-corrected chi connectivity index (χ4v) is 3.89. The van der Waals surface area contributed by atoms with Gasteiger partial charge in [0.25, 0.3) is 11.5 Å². The Bertz CT molecular complexity index is 951. The van der Waals surface area contributed by atoms with E-state index in [1.54, 1.807) is 12.1 Å². The predicted octanol–water partition coefficient (Wildman–Crippen LogP) is 1.34. The SMILES string of the molecule is CN1CCn2c(nc(C(=O)NCc3ccc(F)cc3)c(O)c2=O)C12CCC2. The summed E-state index contributed by atoms with van der Waals surface area (Å²) in [6, 6.07) is 5.73. The molecule has 1 amide bonds. The number of hydrogen-bond acceptors (Lipinski definition) is 5. The topological polar surface area (TPSA) is 87.5 Å². The summed E-state index contributed by atoms with van der Waals surface area (Å²) in [6.45, 7) is 1.28. The van der Waals surface area contributed by atoms with E-state index in [0.717, 1.165) is 19.3 Å². The minimum Gasteiger partial charge on any atom is -0.501 e. The Balaban J connectivity index is 1.65. The first kappa shape index (κ1) is 17.7. The van der Waals surface area contributed by atoms with Crippen molar-refractivity contribution in [2.45, 2.75) is 37.9 Å². The molecule has 27 heavy (non-hydrogen) atoms. The van der Waals surface area contributed by atoms with Crippen molar-refractivity contribution in [3.8, 4) is 5.75 Å². The molecule has 0 radical (unpaired) electrons. The summed E-state index contributed by atoms with van der Waals surface area (Å²) in [6.07, 6.45) is 2.78. The number of carbonyl (C=O) groups excluding carboxylic acids is 1. The van der Waals surface area contributed by atoms with E-state index in [1.807, 2.05) is 7.05 Å². The minimum atomic E-state index is -0.630. The molecule has 1 fully saturated rings. The zero-order valence-electron chi connectivity index (χ0n) is 15.0. The van der Waals surface area contributed by atoms with Gasteiger partial charge in [-0.15, -0.1) is 0 Å². The smallest absolute Gasteiger partial charge is 0.296 e. The molecule has 0 bridgehead atoms. The van der Waals surface area contributed by atoms with Crippen LogP contribution in [0.5, 0.6) is 5.75 Å². The summed E-state index contributed by atoms with van der Waals surface area (Å²) in [4.78, 5) is 31.8. The quantitative estimate of drug-likeness (QED) is 0.849. The van der Waals surface area contributed by atoms with Gasteiger partial charge in [0.05, 0.1) is 5.54 Å². The van der Waals surface area contributed by atoms with E-state index in [4.69, 9.17) is 0 Å². The van der Waals surface area contributed by atoms with Crippen LogP contribution in [-0.4, -0.2) is 39.1 Å². The number of hydrogen-bond donors (Lipinski definition) is 2. The average molecular weight is 372 g/mol. The van der Waals surface area contributed by atoms with Crippen LogP contribution in [0, 0.1) is 5.82 Å².